The van der Waals surface area contributed by atoms with Crippen molar-refractivity contribution in [2.45, 2.75) is 298 Å². The summed E-state index contributed by atoms with van der Waals surface area (Å²) in [5.41, 5.74) is 3.87. The number of rotatable bonds is 54. The zero-order valence-corrected chi connectivity index (χ0v) is 57.4. The number of amides is 1. The van der Waals surface area contributed by atoms with Gasteiger partial charge in [-0.3, -0.25) is 19.2 Å². The summed E-state index contributed by atoms with van der Waals surface area (Å²) in [5.74, 6) is -0.561. The van der Waals surface area contributed by atoms with Crippen LogP contribution in [0.2, 0.25) is 0 Å². The summed E-state index contributed by atoms with van der Waals surface area (Å²) in [4.78, 5) is 63.0. The maximum atomic E-state index is 13.1. The van der Waals surface area contributed by atoms with Crippen LogP contribution in [0.1, 0.15) is 289 Å². The first kappa shape index (κ1) is 81.5. The summed E-state index contributed by atoms with van der Waals surface area (Å²) in [6, 6.07) is 16.5. The molecule has 2 aromatic rings. The molecule has 2 rings (SSSR count). The Morgan fingerprint density at radius 3 is 1.17 bits per heavy atom. The van der Waals surface area contributed by atoms with Crippen LogP contribution in [0, 0.1) is 0 Å². The van der Waals surface area contributed by atoms with Crippen LogP contribution in [-0.4, -0.2) is 80.0 Å². The Morgan fingerprint density at radius 2 is 0.753 bits per heavy atom. The predicted molar refractivity (Wildman–Crippen MR) is 369 cm³/mol. The van der Waals surface area contributed by atoms with Gasteiger partial charge in [-0.25, -0.2) is 4.79 Å². The van der Waals surface area contributed by atoms with Gasteiger partial charge in [0.15, 0.2) is 0 Å². The average Bonchev–Trinajstić information content (AvgIpc) is 3.73. The van der Waals surface area contributed by atoms with Gasteiger partial charge >= 0.3 is 30.0 Å². The number of hydrogen-bond donors (Lipinski definition) is 1. The second-order valence-electron chi connectivity index (χ2n) is 24.8. The SMILES string of the molecule is CCCCCC/C=C\COC(=O)CCCCCCCN(Cc1cccc(CCC(=O)OC/C=C\CCCCCC)c1)C(=O)OC(C)(C)C.CCCCCC/C=C\COC(=O)CCCCCCCNCc1cccc(CCC(=O)OC/C=C\CCCCCC)c1. The van der Waals surface area contributed by atoms with E-state index in [0.717, 1.165) is 108 Å². The molecule has 0 aromatic heterocycles. The van der Waals surface area contributed by atoms with Crippen molar-refractivity contribution in [1.29, 1.82) is 0 Å². The molecular weight excluding hydrogens is 1110 g/mol. The number of nitrogens with one attached hydrogen (secondary N) is 1. The molecule has 504 valence electrons. The van der Waals surface area contributed by atoms with Crippen molar-refractivity contribution in [3.8, 4) is 0 Å². The van der Waals surface area contributed by atoms with Gasteiger partial charge in [-0.1, -0.05) is 240 Å². The minimum Gasteiger partial charge on any atom is -0.461 e. The molecular formula is C77H126N2O10. The largest absolute Gasteiger partial charge is 0.461 e. The Balaban J connectivity index is 0.000000901. The topological polar surface area (TPSA) is 147 Å². The Kier molecular flexibility index (Phi) is 53.9. The average molecular weight is 1240 g/mol. The maximum Gasteiger partial charge on any atom is 0.410 e. The van der Waals surface area contributed by atoms with Gasteiger partial charge < -0.3 is 33.9 Å². The molecule has 12 heteroatoms. The third-order valence-corrected chi connectivity index (χ3v) is 15.0. The van der Waals surface area contributed by atoms with E-state index in [1.54, 1.807) is 4.90 Å². The molecule has 12 nitrogen and oxygen atoms in total. The van der Waals surface area contributed by atoms with Crippen LogP contribution >= 0.6 is 0 Å². The molecule has 0 bridgehead atoms. The second kappa shape index (κ2) is 58.9. The van der Waals surface area contributed by atoms with Crippen LogP contribution in [0.3, 0.4) is 0 Å². The molecule has 0 unspecified atom stereocenters. The van der Waals surface area contributed by atoms with Crippen molar-refractivity contribution in [2.75, 3.05) is 39.5 Å². The van der Waals surface area contributed by atoms with Gasteiger partial charge in [-0.15, -0.1) is 0 Å². The number of carbonyl (C=O) groups excluding carboxylic acids is 5. The number of allylic oxidation sites excluding steroid dienone is 4. The first-order valence-electron chi connectivity index (χ1n) is 35.4. The third-order valence-electron chi connectivity index (χ3n) is 15.0. The van der Waals surface area contributed by atoms with Gasteiger partial charge in [0.2, 0.25) is 0 Å². The fourth-order valence-corrected chi connectivity index (χ4v) is 9.79. The zero-order valence-electron chi connectivity index (χ0n) is 57.4. The lowest BCUT2D eigenvalue weighted by Crippen LogP contribution is -2.37. The molecule has 0 atom stereocenters. The number of carbonyl (C=O) groups is 5. The van der Waals surface area contributed by atoms with E-state index in [0.29, 0.717) is 78.0 Å². The number of unbranched alkanes of at least 4 members (excludes halogenated alkanes) is 24. The molecule has 0 saturated heterocycles. The van der Waals surface area contributed by atoms with Gasteiger partial charge in [0.1, 0.15) is 32.0 Å². The number of esters is 4. The summed E-state index contributed by atoms with van der Waals surface area (Å²) in [7, 11) is 0. The standard InChI is InChI=1S/C41H67NO6.C36H59NO4/c1-6-8-10-12-14-19-23-32-46-38(43)28-21-17-16-18-22-31-42(40(45)48-41(3,4)5)35-37-27-25-26-36(34-37)29-30-39(44)47-33-24-20-15-13-11-9-7-2;1-3-5-7-9-11-16-20-29-40-35(38)25-18-14-13-15-19-28-37-32-34-24-22-23-33(31-34)26-27-36(39)41-30-21-17-12-10-8-6-4-2/h19-20,23-27,34H,6-18,21-22,28-33,35H2,1-5H3;16-17,20-24,31,37H,3-15,18-19,25-30,32H2,1-2H3/b23-19-,24-20-;20-16-,21-17-. The molecule has 0 aliphatic heterocycles. The van der Waals surface area contributed by atoms with Crippen LogP contribution < -0.4 is 5.32 Å². The van der Waals surface area contributed by atoms with Crippen molar-refractivity contribution >= 4 is 30.0 Å². The van der Waals surface area contributed by atoms with Crippen molar-refractivity contribution in [2.24, 2.45) is 0 Å². The fraction of sp³-hybridized carbons (Fsp3) is 0.675. The first-order valence-corrected chi connectivity index (χ1v) is 35.4. The molecule has 89 heavy (non-hydrogen) atoms. The molecule has 0 spiro atoms. The molecule has 0 radical (unpaired) electrons. The van der Waals surface area contributed by atoms with Crippen LogP contribution in [0.4, 0.5) is 4.79 Å². The highest BCUT2D eigenvalue weighted by molar-refractivity contribution is 5.71. The Labute approximate surface area is 542 Å². The van der Waals surface area contributed by atoms with Crippen LogP contribution in [0.15, 0.2) is 97.1 Å². The highest BCUT2D eigenvalue weighted by atomic mass is 16.6. The summed E-state index contributed by atoms with van der Waals surface area (Å²) in [6.45, 7) is 18.8. The van der Waals surface area contributed by atoms with Gasteiger partial charge in [-0.05, 0) is 139 Å². The summed E-state index contributed by atoms with van der Waals surface area (Å²) < 4.78 is 27.0. The van der Waals surface area contributed by atoms with Crippen LogP contribution in [0.5, 0.6) is 0 Å². The van der Waals surface area contributed by atoms with E-state index in [2.05, 4.69) is 87.6 Å². The quantitative estimate of drug-likeness (QED) is 0.0292. The van der Waals surface area contributed by atoms with Gasteiger partial charge in [0.25, 0.3) is 0 Å². The highest BCUT2D eigenvalue weighted by Gasteiger charge is 2.22. The second-order valence-corrected chi connectivity index (χ2v) is 24.8. The third kappa shape index (κ3) is 54.0. The number of aryl methyl sites for hydroxylation is 2. The number of hydrogen-bond acceptors (Lipinski definition) is 11. The molecule has 2 aromatic carbocycles. The van der Waals surface area contributed by atoms with E-state index in [9.17, 15) is 24.0 Å². The Bertz CT molecular complexity index is 2190. The Morgan fingerprint density at radius 1 is 0.404 bits per heavy atom. The summed E-state index contributed by atoms with van der Waals surface area (Å²) in [5, 5.41) is 3.53. The molecule has 0 heterocycles. The predicted octanol–water partition coefficient (Wildman–Crippen LogP) is 20.0. The Hall–Kier alpha value is -5.49. The molecule has 0 aliphatic rings. The number of ether oxygens (including phenoxy) is 5. The maximum absolute atomic E-state index is 13.1. The molecule has 1 N–H and O–H groups in total. The van der Waals surface area contributed by atoms with Crippen LogP contribution in [0.25, 0.3) is 0 Å². The first-order chi connectivity index (χ1) is 43.3. The van der Waals surface area contributed by atoms with Gasteiger partial charge in [-0.2, -0.15) is 0 Å². The summed E-state index contributed by atoms with van der Waals surface area (Å²) >= 11 is 0. The normalized spacial score (nSPS) is 11.6. The molecule has 0 fully saturated rings. The monoisotopic (exact) mass is 1240 g/mol. The van der Waals surface area contributed by atoms with Crippen LogP contribution in [-0.2, 0) is 68.8 Å². The number of benzene rings is 2. The number of nitrogens with zero attached hydrogens (tertiary/aromatic N) is 1. The lowest BCUT2D eigenvalue weighted by atomic mass is 10.1. The van der Waals surface area contributed by atoms with Gasteiger partial charge in [0, 0.05) is 45.3 Å². The fourth-order valence-electron chi connectivity index (χ4n) is 9.79. The van der Waals surface area contributed by atoms with Crippen molar-refractivity contribution in [3.05, 3.63) is 119 Å². The minimum atomic E-state index is -0.583. The van der Waals surface area contributed by atoms with E-state index in [1.807, 2.05) is 63.3 Å². The highest BCUT2D eigenvalue weighted by Crippen LogP contribution is 2.18. The zero-order chi connectivity index (χ0) is 64.9. The van der Waals surface area contributed by atoms with Crippen molar-refractivity contribution in [3.63, 3.8) is 0 Å². The minimum absolute atomic E-state index is 0.0814. The molecule has 1 amide bonds. The van der Waals surface area contributed by atoms with Gasteiger partial charge in [0.05, 0.1) is 0 Å². The lowest BCUT2D eigenvalue weighted by Gasteiger charge is -2.27. The van der Waals surface area contributed by atoms with Crippen molar-refractivity contribution in [1.82, 2.24) is 10.2 Å². The molecule has 0 aliphatic carbocycles. The van der Waals surface area contributed by atoms with E-state index >= 15 is 0 Å². The van der Waals surface area contributed by atoms with E-state index < -0.39 is 5.60 Å². The van der Waals surface area contributed by atoms with E-state index in [-0.39, 0.29) is 30.0 Å². The summed E-state index contributed by atoms with van der Waals surface area (Å²) in [6.07, 6.45) is 53.1. The van der Waals surface area contributed by atoms with E-state index in [4.69, 9.17) is 23.7 Å². The lowest BCUT2D eigenvalue weighted by molar-refractivity contribution is -0.143. The molecule has 0 saturated carbocycles. The van der Waals surface area contributed by atoms with E-state index in [1.165, 1.54) is 120 Å². The smallest absolute Gasteiger partial charge is 0.410 e. The van der Waals surface area contributed by atoms with Crippen molar-refractivity contribution < 1.29 is 47.7 Å².